The molecular weight excluding hydrogens is 332 g/mol. The smallest absolute Gasteiger partial charge is 0.343 e. The molecule has 3 rings (SSSR count). The van der Waals surface area contributed by atoms with Crippen molar-refractivity contribution in [2.75, 3.05) is 7.11 Å². The van der Waals surface area contributed by atoms with Crippen molar-refractivity contribution in [2.45, 2.75) is 6.92 Å². The Balaban J connectivity index is 1.95. The molecule has 0 fully saturated rings. The summed E-state index contributed by atoms with van der Waals surface area (Å²) in [6.07, 6.45) is 1.17. The summed E-state index contributed by atoms with van der Waals surface area (Å²) in [5, 5.41) is 0.342. The van der Waals surface area contributed by atoms with Crippen LogP contribution in [0.2, 0.25) is 5.02 Å². The number of hydrogen-bond donors (Lipinski definition) is 0. The second kappa shape index (κ2) is 6.37. The van der Waals surface area contributed by atoms with Gasteiger partial charge in [0.2, 0.25) is 5.43 Å². The number of benzene rings is 2. The zero-order valence-corrected chi connectivity index (χ0v) is 13.7. The molecule has 0 amide bonds. The van der Waals surface area contributed by atoms with E-state index in [1.807, 2.05) is 0 Å². The Labute approximate surface area is 142 Å². The van der Waals surface area contributed by atoms with Gasteiger partial charge in [-0.15, -0.1) is 0 Å². The van der Waals surface area contributed by atoms with Gasteiger partial charge in [-0.3, -0.25) is 4.79 Å². The summed E-state index contributed by atoms with van der Waals surface area (Å²) >= 11 is 5.77. The van der Waals surface area contributed by atoms with Crippen molar-refractivity contribution in [1.82, 2.24) is 0 Å². The minimum Gasteiger partial charge on any atom is -0.497 e. The first-order chi connectivity index (χ1) is 11.5. The van der Waals surface area contributed by atoms with Gasteiger partial charge in [-0.2, -0.15) is 0 Å². The van der Waals surface area contributed by atoms with E-state index in [0.717, 1.165) is 0 Å². The molecule has 122 valence electrons. The quantitative estimate of drug-likeness (QED) is 0.531. The molecule has 0 unspecified atom stereocenters. The molecule has 2 aromatic carbocycles. The Morgan fingerprint density at radius 1 is 1.12 bits per heavy atom. The number of esters is 1. The maximum Gasteiger partial charge on any atom is 0.343 e. The second-order valence-corrected chi connectivity index (χ2v) is 5.50. The van der Waals surface area contributed by atoms with Gasteiger partial charge in [-0.05, 0) is 43.3 Å². The van der Waals surface area contributed by atoms with E-state index in [4.69, 9.17) is 25.5 Å². The number of carbonyl (C=O) groups is 1. The van der Waals surface area contributed by atoms with E-state index in [2.05, 4.69) is 0 Å². The fourth-order valence-electron chi connectivity index (χ4n) is 2.29. The molecule has 0 aliphatic carbocycles. The minimum atomic E-state index is -0.517. The SMILES string of the molecule is COc1ccc(C(=O)Oc2ccc3c(=O)c(Cl)coc3c2C)cc1. The number of hydrogen-bond acceptors (Lipinski definition) is 5. The molecule has 1 aromatic heterocycles. The third kappa shape index (κ3) is 2.86. The van der Waals surface area contributed by atoms with Crippen LogP contribution < -0.4 is 14.9 Å². The fourth-order valence-corrected chi connectivity index (χ4v) is 2.44. The van der Waals surface area contributed by atoms with Gasteiger partial charge in [-0.1, -0.05) is 11.6 Å². The van der Waals surface area contributed by atoms with Gasteiger partial charge in [0.15, 0.2) is 0 Å². The Morgan fingerprint density at radius 2 is 1.83 bits per heavy atom. The van der Waals surface area contributed by atoms with Gasteiger partial charge in [0.1, 0.15) is 28.4 Å². The molecule has 0 N–H and O–H groups in total. The molecule has 0 bridgehead atoms. The summed E-state index contributed by atoms with van der Waals surface area (Å²) in [5.41, 5.74) is 0.939. The van der Waals surface area contributed by atoms with Crippen LogP contribution in [0.15, 0.2) is 51.9 Å². The highest BCUT2D eigenvalue weighted by molar-refractivity contribution is 6.30. The molecule has 6 heteroatoms. The Hall–Kier alpha value is -2.79. The van der Waals surface area contributed by atoms with Crippen molar-refractivity contribution in [2.24, 2.45) is 0 Å². The number of ether oxygens (including phenoxy) is 2. The first-order valence-electron chi connectivity index (χ1n) is 7.08. The summed E-state index contributed by atoms with van der Waals surface area (Å²) in [5.74, 6) is 0.442. The van der Waals surface area contributed by atoms with Crippen molar-refractivity contribution in [3.8, 4) is 11.5 Å². The average molecular weight is 345 g/mol. The van der Waals surface area contributed by atoms with E-state index >= 15 is 0 Å². The first-order valence-corrected chi connectivity index (χ1v) is 7.46. The lowest BCUT2D eigenvalue weighted by Gasteiger charge is -2.09. The molecule has 0 atom stereocenters. The monoisotopic (exact) mass is 344 g/mol. The lowest BCUT2D eigenvalue weighted by molar-refractivity contribution is 0.0733. The van der Waals surface area contributed by atoms with Gasteiger partial charge >= 0.3 is 5.97 Å². The lowest BCUT2D eigenvalue weighted by atomic mass is 10.1. The molecule has 1 heterocycles. The predicted molar refractivity (Wildman–Crippen MR) is 90.2 cm³/mol. The maximum atomic E-state index is 12.2. The van der Waals surface area contributed by atoms with Crippen molar-refractivity contribution in [3.05, 3.63) is 69.0 Å². The molecule has 5 nitrogen and oxygen atoms in total. The van der Waals surface area contributed by atoms with Crippen molar-refractivity contribution < 1.29 is 18.7 Å². The zero-order chi connectivity index (χ0) is 17.3. The van der Waals surface area contributed by atoms with Crippen molar-refractivity contribution in [3.63, 3.8) is 0 Å². The summed E-state index contributed by atoms with van der Waals surface area (Å²) in [6, 6.07) is 9.63. The molecular formula is C18H13ClO5. The summed E-state index contributed by atoms with van der Waals surface area (Å²) < 4.78 is 15.8. The third-order valence-electron chi connectivity index (χ3n) is 3.63. The van der Waals surface area contributed by atoms with Crippen LogP contribution in [0, 0.1) is 6.92 Å². The molecule has 0 aliphatic rings. The Kier molecular flexibility index (Phi) is 4.27. The van der Waals surface area contributed by atoms with Gasteiger partial charge in [0.25, 0.3) is 0 Å². The number of fused-ring (bicyclic) bond motifs is 1. The van der Waals surface area contributed by atoms with Gasteiger partial charge < -0.3 is 13.9 Å². The first kappa shape index (κ1) is 16.1. The molecule has 3 aromatic rings. The number of carbonyl (C=O) groups excluding carboxylic acids is 1. The van der Waals surface area contributed by atoms with Crippen molar-refractivity contribution in [1.29, 1.82) is 0 Å². The summed E-state index contributed by atoms with van der Waals surface area (Å²) in [4.78, 5) is 24.2. The highest BCUT2D eigenvalue weighted by Crippen LogP contribution is 2.27. The van der Waals surface area contributed by atoms with Crippen molar-refractivity contribution >= 4 is 28.5 Å². The third-order valence-corrected chi connectivity index (χ3v) is 3.89. The summed E-state index contributed by atoms with van der Waals surface area (Å²) in [6.45, 7) is 1.70. The largest absolute Gasteiger partial charge is 0.497 e. The standard InChI is InChI=1S/C18H13ClO5/c1-10-15(8-7-13-16(20)14(19)9-23-17(10)13)24-18(21)11-3-5-12(22-2)6-4-11/h3-9H,1-2H3. The van der Waals surface area contributed by atoms with E-state index in [0.29, 0.717) is 33.6 Å². The Bertz CT molecular complexity index is 973. The molecule has 0 radical (unpaired) electrons. The van der Waals surface area contributed by atoms with E-state index < -0.39 is 5.97 Å². The fraction of sp³-hybridized carbons (Fsp3) is 0.111. The van der Waals surface area contributed by atoms with E-state index in [9.17, 15) is 9.59 Å². The molecule has 0 saturated heterocycles. The normalized spacial score (nSPS) is 10.6. The van der Waals surface area contributed by atoms with Gasteiger partial charge in [0.05, 0.1) is 18.1 Å². The van der Waals surface area contributed by atoms with Crippen LogP contribution in [-0.4, -0.2) is 13.1 Å². The topological polar surface area (TPSA) is 65.7 Å². The number of methoxy groups -OCH3 is 1. The van der Waals surface area contributed by atoms with Crippen LogP contribution in [0.25, 0.3) is 11.0 Å². The van der Waals surface area contributed by atoms with Crippen LogP contribution in [-0.2, 0) is 0 Å². The number of rotatable bonds is 3. The van der Waals surface area contributed by atoms with Crippen LogP contribution in [0.3, 0.4) is 0 Å². The molecule has 24 heavy (non-hydrogen) atoms. The predicted octanol–water partition coefficient (Wildman–Crippen LogP) is 3.98. The molecule has 0 aliphatic heterocycles. The molecule has 0 saturated carbocycles. The second-order valence-electron chi connectivity index (χ2n) is 5.10. The minimum absolute atomic E-state index is 0.00452. The van der Waals surface area contributed by atoms with Crippen LogP contribution in [0.1, 0.15) is 15.9 Å². The average Bonchev–Trinajstić information content (AvgIpc) is 2.60. The Morgan fingerprint density at radius 3 is 2.50 bits per heavy atom. The van der Waals surface area contributed by atoms with Crippen LogP contribution >= 0.6 is 11.6 Å². The number of aryl methyl sites for hydroxylation is 1. The van der Waals surface area contributed by atoms with Gasteiger partial charge in [-0.25, -0.2) is 4.79 Å². The van der Waals surface area contributed by atoms with Gasteiger partial charge in [0, 0.05) is 5.56 Å². The van der Waals surface area contributed by atoms with Crippen LogP contribution in [0.4, 0.5) is 0 Å². The highest BCUT2D eigenvalue weighted by Gasteiger charge is 2.15. The lowest BCUT2D eigenvalue weighted by Crippen LogP contribution is -2.10. The van der Waals surface area contributed by atoms with Crippen LogP contribution in [0.5, 0.6) is 11.5 Å². The van der Waals surface area contributed by atoms with E-state index in [1.54, 1.807) is 44.4 Å². The van der Waals surface area contributed by atoms with E-state index in [1.165, 1.54) is 12.3 Å². The van der Waals surface area contributed by atoms with E-state index in [-0.39, 0.29) is 10.5 Å². The maximum absolute atomic E-state index is 12.2. The number of halogens is 1. The highest BCUT2D eigenvalue weighted by atomic mass is 35.5. The zero-order valence-electron chi connectivity index (χ0n) is 13.0. The summed E-state index contributed by atoms with van der Waals surface area (Å²) in [7, 11) is 1.55. The molecule has 0 spiro atoms.